The molecule has 2 rings (SSSR count). The minimum atomic E-state index is -0.270. The van der Waals surface area contributed by atoms with Gasteiger partial charge < -0.3 is 20.2 Å². The van der Waals surface area contributed by atoms with E-state index in [1.165, 1.54) is 0 Å². The summed E-state index contributed by atoms with van der Waals surface area (Å²) < 4.78 is 0. The normalized spacial score (nSPS) is 22.1. The highest BCUT2D eigenvalue weighted by atomic mass is 16.3. The second-order valence-corrected chi connectivity index (χ2v) is 7.21. The van der Waals surface area contributed by atoms with Gasteiger partial charge in [0.05, 0.1) is 25.2 Å². The molecule has 0 saturated carbocycles. The first-order chi connectivity index (χ1) is 12.9. The van der Waals surface area contributed by atoms with Gasteiger partial charge >= 0.3 is 0 Å². The number of benzene rings is 1. The predicted octanol–water partition coefficient (Wildman–Crippen LogP) is 1.46. The summed E-state index contributed by atoms with van der Waals surface area (Å²) in [6, 6.07) is 7.74. The molecule has 148 valence electrons. The van der Waals surface area contributed by atoms with Crippen LogP contribution in [0.5, 0.6) is 0 Å². The number of nitrogens with zero attached hydrogens (tertiary/aromatic N) is 2. The van der Waals surface area contributed by atoms with Crippen molar-refractivity contribution in [3.63, 3.8) is 0 Å². The number of aliphatic hydroxyl groups is 1. The number of aliphatic hydroxyl groups excluding tert-OH is 1. The largest absolute Gasteiger partial charge is 0.394 e. The molecule has 1 heterocycles. The number of rotatable bonds is 8. The minimum Gasteiger partial charge on any atom is -0.394 e. The summed E-state index contributed by atoms with van der Waals surface area (Å²) in [7, 11) is 3.69. The van der Waals surface area contributed by atoms with Gasteiger partial charge in [-0.3, -0.25) is 9.59 Å². The smallest absolute Gasteiger partial charge is 0.237 e. The molecule has 0 unspecified atom stereocenters. The monoisotopic (exact) mass is 373 g/mol. The Balaban J connectivity index is 2.25. The van der Waals surface area contributed by atoms with E-state index in [1.54, 1.807) is 11.8 Å². The molecule has 0 spiro atoms. The molecule has 0 bridgehead atoms. The fraction of sp³-hybridized carbons (Fsp3) is 0.524. The summed E-state index contributed by atoms with van der Waals surface area (Å²) in [5.41, 5.74) is 2.18. The van der Waals surface area contributed by atoms with Crippen LogP contribution in [0.15, 0.2) is 30.3 Å². The third kappa shape index (κ3) is 4.96. The second kappa shape index (κ2) is 9.67. The molecule has 0 radical (unpaired) electrons. The highest BCUT2D eigenvalue weighted by molar-refractivity contribution is 5.81. The lowest BCUT2D eigenvalue weighted by molar-refractivity contribution is -0.151. The third-order valence-corrected chi connectivity index (χ3v) is 4.98. The van der Waals surface area contributed by atoms with E-state index in [1.807, 2.05) is 62.3 Å². The molecule has 1 aromatic carbocycles. The Morgan fingerprint density at radius 2 is 1.89 bits per heavy atom. The number of nitrogens with one attached hydrogen (secondary N) is 1. The summed E-state index contributed by atoms with van der Waals surface area (Å²) in [5.74, 6) is -0.0702. The van der Waals surface area contributed by atoms with E-state index in [4.69, 9.17) is 0 Å². The van der Waals surface area contributed by atoms with Crippen LogP contribution in [0.25, 0.3) is 6.08 Å². The van der Waals surface area contributed by atoms with Crippen LogP contribution in [0.2, 0.25) is 0 Å². The van der Waals surface area contributed by atoms with E-state index < -0.39 is 0 Å². The number of carbonyl (C=O) groups is 2. The van der Waals surface area contributed by atoms with E-state index in [2.05, 4.69) is 5.32 Å². The van der Waals surface area contributed by atoms with E-state index in [9.17, 15) is 14.7 Å². The molecule has 6 nitrogen and oxygen atoms in total. The van der Waals surface area contributed by atoms with Gasteiger partial charge in [-0.25, -0.2) is 0 Å². The number of hydrogen-bond donors (Lipinski definition) is 2. The first-order valence-corrected chi connectivity index (χ1v) is 9.49. The van der Waals surface area contributed by atoms with Gasteiger partial charge in [0.25, 0.3) is 0 Å². The van der Waals surface area contributed by atoms with Crippen LogP contribution in [-0.4, -0.2) is 72.6 Å². The van der Waals surface area contributed by atoms with Crippen LogP contribution in [0, 0.1) is 0 Å². The van der Waals surface area contributed by atoms with E-state index in [0.29, 0.717) is 13.0 Å². The van der Waals surface area contributed by atoms with E-state index in [-0.39, 0.29) is 43.0 Å². The van der Waals surface area contributed by atoms with Crippen LogP contribution in [0.4, 0.5) is 0 Å². The summed E-state index contributed by atoms with van der Waals surface area (Å²) >= 11 is 0. The molecule has 2 N–H and O–H groups in total. The molecule has 1 saturated heterocycles. The van der Waals surface area contributed by atoms with Crippen LogP contribution in [-0.2, 0) is 9.59 Å². The van der Waals surface area contributed by atoms with Gasteiger partial charge in [-0.2, -0.15) is 0 Å². The molecule has 1 aliphatic rings. The van der Waals surface area contributed by atoms with Gasteiger partial charge in [-0.1, -0.05) is 43.3 Å². The Labute approximate surface area is 161 Å². The maximum Gasteiger partial charge on any atom is 0.237 e. The number of likely N-dealkylation sites (tertiary alicyclic amines) is 1. The van der Waals surface area contributed by atoms with Crippen LogP contribution >= 0.6 is 0 Å². The molecule has 0 aliphatic carbocycles. The average Bonchev–Trinajstić information content (AvgIpc) is 2.61. The number of hydrogen-bond acceptors (Lipinski definition) is 4. The number of likely N-dealkylation sites (N-methyl/N-ethyl adjacent to an activating group) is 1. The zero-order valence-corrected chi connectivity index (χ0v) is 16.7. The topological polar surface area (TPSA) is 72.9 Å². The van der Waals surface area contributed by atoms with E-state index >= 15 is 0 Å². The minimum absolute atomic E-state index is 0.00192. The molecular formula is C21H31N3O3. The maximum absolute atomic E-state index is 12.7. The standard InChI is InChI=1S/C21H31N3O3/c1-5-7-15-8-10-16(11-9-15)21-17(12-22-19(26)6-2)24(18(21)14-25)20(27)13-23(3)4/h5,7-11,17-18,21,25H,6,12-14H2,1-4H3,(H,22,26)/b7-5+/t17-,18-,21-/m1/s1. The zero-order chi connectivity index (χ0) is 20.0. The number of carbonyl (C=O) groups excluding carboxylic acids is 2. The molecule has 3 atom stereocenters. The second-order valence-electron chi connectivity index (χ2n) is 7.21. The first kappa shape index (κ1) is 21.1. The van der Waals surface area contributed by atoms with Crippen LogP contribution < -0.4 is 5.32 Å². The molecule has 1 aromatic rings. The molecule has 1 aliphatic heterocycles. The average molecular weight is 373 g/mol. The molecule has 27 heavy (non-hydrogen) atoms. The van der Waals surface area contributed by atoms with Crippen molar-refractivity contribution in [3.8, 4) is 0 Å². The molecule has 6 heteroatoms. The molecule has 2 amide bonds. The SMILES string of the molecule is C/C=C/c1ccc([C@H]2[C@@H](CO)N(C(=O)CN(C)C)[C@@H]2CNC(=O)CC)cc1. The van der Waals surface area contributed by atoms with Crippen molar-refractivity contribution in [1.82, 2.24) is 15.1 Å². The Morgan fingerprint density at radius 3 is 2.41 bits per heavy atom. The molecular weight excluding hydrogens is 342 g/mol. The lowest BCUT2D eigenvalue weighted by Gasteiger charge is -2.55. The summed E-state index contributed by atoms with van der Waals surface area (Å²) in [6.07, 6.45) is 4.42. The Kier molecular flexibility index (Phi) is 7.56. The van der Waals surface area contributed by atoms with Crippen molar-refractivity contribution in [3.05, 3.63) is 41.5 Å². The number of allylic oxidation sites excluding steroid dienone is 1. The lowest BCUT2D eigenvalue weighted by Crippen LogP contribution is -2.69. The van der Waals surface area contributed by atoms with Gasteiger partial charge in [-0.05, 0) is 32.1 Å². The Bertz CT molecular complexity index is 670. The third-order valence-electron chi connectivity index (χ3n) is 4.98. The highest BCUT2D eigenvalue weighted by Gasteiger charge is 2.50. The van der Waals surface area contributed by atoms with Gasteiger partial charge in [0.15, 0.2) is 0 Å². The van der Waals surface area contributed by atoms with Crippen LogP contribution in [0.3, 0.4) is 0 Å². The van der Waals surface area contributed by atoms with Crippen molar-refractivity contribution in [2.75, 3.05) is 33.8 Å². The number of amides is 2. The summed E-state index contributed by atoms with van der Waals surface area (Å²) in [6.45, 7) is 4.35. The molecule has 0 aromatic heterocycles. The van der Waals surface area contributed by atoms with Gasteiger partial charge in [0.2, 0.25) is 11.8 Å². The summed E-state index contributed by atoms with van der Waals surface area (Å²) in [5, 5.41) is 12.9. The maximum atomic E-state index is 12.7. The van der Waals surface area contributed by atoms with Crippen molar-refractivity contribution in [1.29, 1.82) is 0 Å². The fourth-order valence-electron chi connectivity index (χ4n) is 3.71. The quantitative estimate of drug-likeness (QED) is 0.724. The fourth-order valence-corrected chi connectivity index (χ4v) is 3.71. The van der Waals surface area contributed by atoms with Crippen LogP contribution in [0.1, 0.15) is 37.3 Å². The van der Waals surface area contributed by atoms with Gasteiger partial charge in [-0.15, -0.1) is 0 Å². The van der Waals surface area contributed by atoms with E-state index in [0.717, 1.165) is 11.1 Å². The van der Waals surface area contributed by atoms with Gasteiger partial charge in [0, 0.05) is 18.9 Å². The van der Waals surface area contributed by atoms with Crippen molar-refractivity contribution in [2.45, 2.75) is 38.3 Å². The first-order valence-electron chi connectivity index (χ1n) is 9.49. The van der Waals surface area contributed by atoms with Crippen molar-refractivity contribution < 1.29 is 14.7 Å². The Hall–Kier alpha value is -2.18. The highest BCUT2D eigenvalue weighted by Crippen LogP contribution is 2.40. The van der Waals surface area contributed by atoms with Crippen molar-refractivity contribution in [2.24, 2.45) is 0 Å². The predicted molar refractivity (Wildman–Crippen MR) is 107 cm³/mol. The summed E-state index contributed by atoms with van der Waals surface area (Å²) in [4.78, 5) is 28.0. The molecule has 1 fully saturated rings. The zero-order valence-electron chi connectivity index (χ0n) is 16.7. The van der Waals surface area contributed by atoms with Gasteiger partial charge in [0.1, 0.15) is 0 Å². The van der Waals surface area contributed by atoms with Crippen molar-refractivity contribution >= 4 is 17.9 Å². The Morgan fingerprint density at radius 1 is 1.22 bits per heavy atom. The lowest BCUT2D eigenvalue weighted by atomic mass is 9.74.